The standard InChI is InChI=1S/C14H18N4O/c1-19-13-4-2-3-11(9-13)5-7-16-14-17-8-6-12(10-15)18-14/h2-4,6,8-9H,5,7,10,15H2,1H3,(H,16,17,18). The summed E-state index contributed by atoms with van der Waals surface area (Å²) in [7, 11) is 1.67. The van der Waals surface area contributed by atoms with Crippen LogP contribution in [0.15, 0.2) is 36.5 Å². The van der Waals surface area contributed by atoms with Crippen molar-refractivity contribution in [2.75, 3.05) is 19.0 Å². The van der Waals surface area contributed by atoms with Gasteiger partial charge >= 0.3 is 0 Å². The van der Waals surface area contributed by atoms with Crippen LogP contribution < -0.4 is 15.8 Å². The fourth-order valence-electron chi connectivity index (χ4n) is 1.74. The highest BCUT2D eigenvalue weighted by atomic mass is 16.5. The van der Waals surface area contributed by atoms with E-state index in [1.54, 1.807) is 13.3 Å². The van der Waals surface area contributed by atoms with Crippen LogP contribution in [0.5, 0.6) is 5.75 Å². The number of methoxy groups -OCH3 is 1. The molecule has 1 heterocycles. The van der Waals surface area contributed by atoms with Crippen molar-refractivity contribution in [1.29, 1.82) is 0 Å². The average molecular weight is 258 g/mol. The molecule has 2 aromatic rings. The van der Waals surface area contributed by atoms with Gasteiger partial charge in [-0.1, -0.05) is 12.1 Å². The Morgan fingerprint density at radius 2 is 2.21 bits per heavy atom. The SMILES string of the molecule is COc1cccc(CCNc2nccc(CN)n2)c1. The van der Waals surface area contributed by atoms with Crippen LogP contribution >= 0.6 is 0 Å². The lowest BCUT2D eigenvalue weighted by Gasteiger charge is -2.07. The number of nitrogens with zero attached hydrogens (tertiary/aromatic N) is 2. The fourth-order valence-corrected chi connectivity index (χ4v) is 1.74. The summed E-state index contributed by atoms with van der Waals surface area (Å²) in [5, 5.41) is 3.19. The molecule has 0 fully saturated rings. The van der Waals surface area contributed by atoms with E-state index >= 15 is 0 Å². The Hall–Kier alpha value is -2.14. The van der Waals surface area contributed by atoms with Gasteiger partial charge in [0, 0.05) is 19.3 Å². The molecule has 0 aliphatic rings. The zero-order chi connectivity index (χ0) is 13.5. The van der Waals surface area contributed by atoms with Gasteiger partial charge in [-0.25, -0.2) is 9.97 Å². The van der Waals surface area contributed by atoms with E-state index < -0.39 is 0 Å². The lowest BCUT2D eigenvalue weighted by atomic mass is 10.1. The largest absolute Gasteiger partial charge is 0.497 e. The first-order valence-electron chi connectivity index (χ1n) is 6.20. The molecule has 5 heteroatoms. The topological polar surface area (TPSA) is 73.1 Å². The molecule has 0 amide bonds. The molecule has 1 aromatic heterocycles. The Kier molecular flexibility index (Phi) is 4.69. The van der Waals surface area contributed by atoms with E-state index in [4.69, 9.17) is 10.5 Å². The number of benzene rings is 1. The van der Waals surface area contributed by atoms with Crippen LogP contribution in [0.2, 0.25) is 0 Å². The van der Waals surface area contributed by atoms with Crippen molar-refractivity contribution in [3.63, 3.8) is 0 Å². The molecule has 0 saturated carbocycles. The quantitative estimate of drug-likeness (QED) is 0.823. The van der Waals surface area contributed by atoms with Crippen LogP contribution in [0, 0.1) is 0 Å². The first-order valence-corrected chi connectivity index (χ1v) is 6.20. The van der Waals surface area contributed by atoms with Gasteiger partial charge in [-0.15, -0.1) is 0 Å². The normalized spacial score (nSPS) is 10.2. The lowest BCUT2D eigenvalue weighted by molar-refractivity contribution is 0.414. The molecule has 0 atom stereocenters. The lowest BCUT2D eigenvalue weighted by Crippen LogP contribution is -2.10. The first-order chi connectivity index (χ1) is 9.31. The third kappa shape index (κ3) is 3.93. The second-order valence-corrected chi connectivity index (χ2v) is 4.10. The maximum Gasteiger partial charge on any atom is 0.222 e. The molecular formula is C14H18N4O. The predicted octanol–water partition coefficient (Wildman–Crippen LogP) is 1.60. The number of nitrogens with one attached hydrogen (secondary N) is 1. The molecule has 0 aliphatic heterocycles. The Morgan fingerprint density at radius 1 is 1.32 bits per heavy atom. The summed E-state index contributed by atoms with van der Waals surface area (Å²) < 4.78 is 5.19. The number of hydrogen-bond acceptors (Lipinski definition) is 5. The zero-order valence-electron chi connectivity index (χ0n) is 11.0. The number of rotatable bonds is 6. The van der Waals surface area contributed by atoms with Crippen molar-refractivity contribution >= 4 is 5.95 Å². The van der Waals surface area contributed by atoms with E-state index in [0.29, 0.717) is 12.5 Å². The van der Waals surface area contributed by atoms with Gasteiger partial charge in [0.1, 0.15) is 5.75 Å². The molecule has 0 bridgehead atoms. The Labute approximate surface area is 112 Å². The summed E-state index contributed by atoms with van der Waals surface area (Å²) in [6.45, 7) is 1.19. The Morgan fingerprint density at radius 3 is 3.00 bits per heavy atom. The maximum absolute atomic E-state index is 5.54. The van der Waals surface area contributed by atoms with Gasteiger partial charge in [-0.2, -0.15) is 0 Å². The van der Waals surface area contributed by atoms with Gasteiger partial charge in [-0.05, 0) is 30.2 Å². The summed E-state index contributed by atoms with van der Waals surface area (Å²) in [6, 6.07) is 9.83. The van der Waals surface area contributed by atoms with Crippen molar-refractivity contribution in [2.45, 2.75) is 13.0 Å². The molecule has 100 valence electrons. The van der Waals surface area contributed by atoms with E-state index in [1.807, 2.05) is 24.3 Å². The van der Waals surface area contributed by atoms with Crippen LogP contribution in [-0.2, 0) is 13.0 Å². The summed E-state index contributed by atoms with van der Waals surface area (Å²) in [5.74, 6) is 1.49. The number of hydrogen-bond donors (Lipinski definition) is 2. The maximum atomic E-state index is 5.54. The van der Waals surface area contributed by atoms with E-state index in [0.717, 1.165) is 24.4 Å². The minimum absolute atomic E-state index is 0.424. The minimum atomic E-state index is 0.424. The number of anilines is 1. The summed E-state index contributed by atoms with van der Waals surface area (Å²) in [5.41, 5.74) is 7.58. The molecule has 5 nitrogen and oxygen atoms in total. The van der Waals surface area contributed by atoms with Crippen LogP contribution in [-0.4, -0.2) is 23.6 Å². The molecule has 0 spiro atoms. The highest BCUT2D eigenvalue weighted by Crippen LogP contribution is 2.12. The molecule has 0 aliphatic carbocycles. The van der Waals surface area contributed by atoms with Crippen molar-refractivity contribution < 1.29 is 4.74 Å². The van der Waals surface area contributed by atoms with Crippen molar-refractivity contribution in [3.8, 4) is 5.75 Å². The summed E-state index contributed by atoms with van der Waals surface area (Å²) in [6.07, 6.45) is 2.59. The molecule has 0 radical (unpaired) electrons. The van der Waals surface area contributed by atoms with E-state index in [9.17, 15) is 0 Å². The fraction of sp³-hybridized carbons (Fsp3) is 0.286. The first kappa shape index (κ1) is 13.3. The van der Waals surface area contributed by atoms with E-state index in [2.05, 4.69) is 21.4 Å². The highest BCUT2D eigenvalue weighted by Gasteiger charge is 1.99. The Balaban J connectivity index is 1.88. The molecule has 3 N–H and O–H groups in total. The third-order valence-electron chi connectivity index (χ3n) is 2.75. The van der Waals surface area contributed by atoms with Crippen LogP contribution in [0.3, 0.4) is 0 Å². The third-order valence-corrected chi connectivity index (χ3v) is 2.75. The molecule has 1 aromatic carbocycles. The second kappa shape index (κ2) is 6.70. The monoisotopic (exact) mass is 258 g/mol. The van der Waals surface area contributed by atoms with E-state index in [-0.39, 0.29) is 0 Å². The van der Waals surface area contributed by atoms with Crippen LogP contribution in [0.25, 0.3) is 0 Å². The minimum Gasteiger partial charge on any atom is -0.497 e. The van der Waals surface area contributed by atoms with Gasteiger partial charge in [-0.3, -0.25) is 0 Å². The molecular weight excluding hydrogens is 240 g/mol. The number of aromatic nitrogens is 2. The Bertz CT molecular complexity index is 483. The van der Waals surface area contributed by atoms with Gasteiger partial charge in [0.25, 0.3) is 0 Å². The van der Waals surface area contributed by atoms with Crippen molar-refractivity contribution in [2.24, 2.45) is 5.73 Å². The van der Waals surface area contributed by atoms with Crippen LogP contribution in [0.1, 0.15) is 11.3 Å². The second-order valence-electron chi connectivity index (χ2n) is 4.10. The molecule has 2 rings (SSSR count). The van der Waals surface area contributed by atoms with Gasteiger partial charge in [0.15, 0.2) is 0 Å². The number of nitrogens with two attached hydrogens (primary N) is 1. The average Bonchev–Trinajstić information content (AvgIpc) is 2.48. The van der Waals surface area contributed by atoms with Gasteiger partial charge in [0.05, 0.1) is 12.8 Å². The highest BCUT2D eigenvalue weighted by molar-refractivity contribution is 5.30. The van der Waals surface area contributed by atoms with Crippen LogP contribution in [0.4, 0.5) is 5.95 Å². The van der Waals surface area contributed by atoms with Crippen molar-refractivity contribution in [1.82, 2.24) is 9.97 Å². The predicted molar refractivity (Wildman–Crippen MR) is 75.1 cm³/mol. The van der Waals surface area contributed by atoms with Gasteiger partial charge < -0.3 is 15.8 Å². The molecule has 0 saturated heterocycles. The van der Waals surface area contributed by atoms with Gasteiger partial charge in [0.2, 0.25) is 5.95 Å². The smallest absolute Gasteiger partial charge is 0.222 e. The molecule has 19 heavy (non-hydrogen) atoms. The van der Waals surface area contributed by atoms with E-state index in [1.165, 1.54) is 5.56 Å². The number of ether oxygens (including phenoxy) is 1. The summed E-state index contributed by atoms with van der Waals surface area (Å²) >= 11 is 0. The zero-order valence-corrected chi connectivity index (χ0v) is 11.0. The molecule has 0 unspecified atom stereocenters. The van der Waals surface area contributed by atoms with Crippen molar-refractivity contribution in [3.05, 3.63) is 47.8 Å². The summed E-state index contributed by atoms with van der Waals surface area (Å²) in [4.78, 5) is 8.43.